The number of halogens is 2. The maximum absolute atomic E-state index is 13.9. The van der Waals surface area contributed by atoms with Gasteiger partial charge in [0.25, 0.3) is 5.91 Å². The Morgan fingerprint density at radius 1 is 0.758 bits per heavy atom. The van der Waals surface area contributed by atoms with Crippen LogP contribution in [0.5, 0.6) is 0 Å². The maximum Gasteiger partial charge on any atom is 0.257 e. The topological polar surface area (TPSA) is 67.8 Å². The van der Waals surface area contributed by atoms with E-state index in [-0.39, 0.29) is 11.3 Å². The van der Waals surface area contributed by atoms with Crippen LogP contribution >= 0.6 is 0 Å². The molecule has 0 unspecified atom stereocenters. The van der Waals surface area contributed by atoms with Crippen molar-refractivity contribution in [3.05, 3.63) is 109 Å². The van der Waals surface area contributed by atoms with Crippen molar-refractivity contribution in [1.29, 1.82) is 0 Å². The molecular weight excluding hydrogens is 422 g/mol. The van der Waals surface area contributed by atoms with Gasteiger partial charge in [-0.1, -0.05) is 6.07 Å². The number of nitrogens with zero attached hydrogens (tertiary/aromatic N) is 3. The van der Waals surface area contributed by atoms with Crippen LogP contribution in [0.15, 0.2) is 91.6 Å². The molecule has 3 aromatic heterocycles. The Bertz CT molecular complexity index is 1490. The molecule has 0 aliphatic carbocycles. The van der Waals surface area contributed by atoms with Crippen molar-refractivity contribution in [2.45, 2.75) is 0 Å². The highest BCUT2D eigenvalue weighted by molar-refractivity contribution is 6.05. The number of carbonyl (C=O) groups excluding carboxylic acids is 1. The molecular formula is C26H16F2N4O. The molecule has 0 spiro atoms. The van der Waals surface area contributed by atoms with Crippen LogP contribution < -0.4 is 5.32 Å². The molecule has 33 heavy (non-hydrogen) atoms. The number of fused-ring (bicyclic) bond motifs is 1. The number of hydrogen-bond acceptors (Lipinski definition) is 4. The van der Waals surface area contributed by atoms with Crippen LogP contribution in [0.1, 0.15) is 10.4 Å². The van der Waals surface area contributed by atoms with Crippen LogP contribution in [0.3, 0.4) is 0 Å². The summed E-state index contributed by atoms with van der Waals surface area (Å²) < 4.78 is 27.0. The van der Waals surface area contributed by atoms with Crippen molar-refractivity contribution < 1.29 is 13.6 Å². The number of rotatable bonds is 4. The molecule has 2 aromatic carbocycles. The summed E-state index contributed by atoms with van der Waals surface area (Å²) in [6.45, 7) is 0. The number of pyridine rings is 3. The summed E-state index contributed by atoms with van der Waals surface area (Å²) >= 11 is 0. The molecule has 5 aromatic rings. The first-order chi connectivity index (χ1) is 16.1. The first-order valence-corrected chi connectivity index (χ1v) is 10.1. The Kier molecular flexibility index (Phi) is 5.28. The van der Waals surface area contributed by atoms with E-state index in [1.807, 2.05) is 36.4 Å². The Labute approximate surface area is 187 Å². The average Bonchev–Trinajstić information content (AvgIpc) is 2.85. The molecule has 0 aliphatic heterocycles. The quantitative estimate of drug-likeness (QED) is 0.380. The SMILES string of the molecule is O=C(Nc1ccc(F)cc1F)c1cncc(-c2ccc3nccc(-c4ccncc4)c3c2)c1. The van der Waals surface area contributed by atoms with E-state index in [2.05, 4.69) is 20.3 Å². The smallest absolute Gasteiger partial charge is 0.257 e. The van der Waals surface area contributed by atoms with Crippen molar-refractivity contribution in [2.24, 2.45) is 0 Å². The van der Waals surface area contributed by atoms with Gasteiger partial charge in [-0.05, 0) is 65.2 Å². The number of nitrogens with one attached hydrogen (secondary N) is 1. The van der Waals surface area contributed by atoms with Gasteiger partial charge in [0.15, 0.2) is 0 Å². The van der Waals surface area contributed by atoms with E-state index in [4.69, 9.17) is 0 Å². The third-order valence-corrected chi connectivity index (χ3v) is 5.25. The van der Waals surface area contributed by atoms with Gasteiger partial charge in [0, 0.05) is 48.0 Å². The molecule has 0 atom stereocenters. The zero-order valence-corrected chi connectivity index (χ0v) is 17.2. The molecule has 1 N–H and O–H groups in total. The molecule has 160 valence electrons. The summed E-state index contributed by atoms with van der Waals surface area (Å²) in [5, 5.41) is 3.40. The fourth-order valence-electron chi connectivity index (χ4n) is 3.62. The van der Waals surface area contributed by atoms with Crippen LogP contribution in [0.4, 0.5) is 14.5 Å². The van der Waals surface area contributed by atoms with Crippen molar-refractivity contribution >= 4 is 22.5 Å². The van der Waals surface area contributed by atoms with Gasteiger partial charge in [-0.15, -0.1) is 0 Å². The standard InChI is InChI=1S/C26H16F2N4O/c27-20-2-4-25(23(28)13-20)32-26(33)19-11-18(14-30-15-19)17-1-3-24-22(12-17)21(7-10-31-24)16-5-8-29-9-6-16/h1-15H,(H,32,33). The number of anilines is 1. The fourth-order valence-corrected chi connectivity index (χ4v) is 3.62. The lowest BCUT2D eigenvalue weighted by Gasteiger charge is -2.10. The van der Waals surface area contributed by atoms with E-state index < -0.39 is 17.5 Å². The molecule has 0 bridgehead atoms. The highest BCUT2D eigenvalue weighted by atomic mass is 19.1. The summed E-state index contributed by atoms with van der Waals surface area (Å²) in [7, 11) is 0. The van der Waals surface area contributed by atoms with Crippen LogP contribution in [-0.2, 0) is 0 Å². The van der Waals surface area contributed by atoms with Crippen LogP contribution in [-0.4, -0.2) is 20.9 Å². The maximum atomic E-state index is 13.9. The molecule has 1 amide bonds. The highest BCUT2D eigenvalue weighted by Gasteiger charge is 2.13. The lowest BCUT2D eigenvalue weighted by atomic mass is 9.98. The van der Waals surface area contributed by atoms with E-state index in [1.54, 1.807) is 30.9 Å². The monoisotopic (exact) mass is 438 g/mol. The van der Waals surface area contributed by atoms with Gasteiger partial charge in [0.2, 0.25) is 0 Å². The first-order valence-electron chi connectivity index (χ1n) is 10.1. The van der Waals surface area contributed by atoms with E-state index in [1.165, 1.54) is 12.3 Å². The highest BCUT2D eigenvalue weighted by Crippen LogP contribution is 2.31. The van der Waals surface area contributed by atoms with Gasteiger partial charge in [-0.25, -0.2) is 8.78 Å². The van der Waals surface area contributed by atoms with Gasteiger partial charge < -0.3 is 5.32 Å². The van der Waals surface area contributed by atoms with E-state index >= 15 is 0 Å². The summed E-state index contributed by atoms with van der Waals surface area (Å²) in [5.41, 5.74) is 4.57. The van der Waals surface area contributed by atoms with Crippen molar-refractivity contribution in [3.63, 3.8) is 0 Å². The summed E-state index contributed by atoms with van der Waals surface area (Å²) in [5.74, 6) is -2.11. The minimum Gasteiger partial charge on any atom is -0.319 e. The lowest BCUT2D eigenvalue weighted by Crippen LogP contribution is -2.13. The third-order valence-electron chi connectivity index (χ3n) is 5.25. The molecule has 0 aliphatic rings. The minimum absolute atomic E-state index is 0.106. The predicted octanol–water partition coefficient (Wildman–Crippen LogP) is 5.89. The number of aromatic nitrogens is 3. The van der Waals surface area contributed by atoms with Gasteiger partial charge in [-0.3, -0.25) is 19.7 Å². The van der Waals surface area contributed by atoms with Gasteiger partial charge in [-0.2, -0.15) is 0 Å². The summed E-state index contributed by atoms with van der Waals surface area (Å²) in [6, 6.07) is 16.3. The molecule has 0 radical (unpaired) electrons. The summed E-state index contributed by atoms with van der Waals surface area (Å²) in [6.07, 6.45) is 8.28. The lowest BCUT2D eigenvalue weighted by molar-refractivity contribution is 0.102. The second-order valence-electron chi connectivity index (χ2n) is 7.37. The van der Waals surface area contributed by atoms with Crippen LogP contribution in [0.2, 0.25) is 0 Å². The average molecular weight is 438 g/mol. The van der Waals surface area contributed by atoms with Crippen molar-refractivity contribution in [3.8, 4) is 22.3 Å². The van der Waals surface area contributed by atoms with Crippen LogP contribution in [0.25, 0.3) is 33.2 Å². The molecule has 3 heterocycles. The van der Waals surface area contributed by atoms with Crippen molar-refractivity contribution in [1.82, 2.24) is 15.0 Å². The molecule has 5 rings (SSSR count). The van der Waals surface area contributed by atoms with E-state index in [0.29, 0.717) is 11.6 Å². The van der Waals surface area contributed by atoms with Gasteiger partial charge in [0.1, 0.15) is 11.6 Å². The largest absolute Gasteiger partial charge is 0.319 e. The molecule has 0 fully saturated rings. The number of benzene rings is 2. The Morgan fingerprint density at radius 2 is 1.61 bits per heavy atom. The minimum atomic E-state index is -0.849. The zero-order valence-electron chi connectivity index (χ0n) is 17.2. The molecule has 0 saturated carbocycles. The Morgan fingerprint density at radius 3 is 2.42 bits per heavy atom. The Hall–Kier alpha value is -4.52. The summed E-state index contributed by atoms with van der Waals surface area (Å²) in [4.78, 5) is 25.4. The third kappa shape index (κ3) is 4.16. The van der Waals surface area contributed by atoms with E-state index in [9.17, 15) is 13.6 Å². The molecule has 5 nitrogen and oxygen atoms in total. The van der Waals surface area contributed by atoms with Crippen molar-refractivity contribution in [2.75, 3.05) is 5.32 Å². The second-order valence-corrected chi connectivity index (χ2v) is 7.37. The molecule has 0 saturated heterocycles. The second kappa shape index (κ2) is 8.55. The Balaban J connectivity index is 1.50. The van der Waals surface area contributed by atoms with Crippen LogP contribution in [0, 0.1) is 11.6 Å². The number of amides is 1. The van der Waals surface area contributed by atoms with E-state index in [0.717, 1.165) is 33.7 Å². The predicted molar refractivity (Wildman–Crippen MR) is 123 cm³/mol. The number of hydrogen-bond donors (Lipinski definition) is 1. The zero-order chi connectivity index (χ0) is 22.8. The van der Waals surface area contributed by atoms with Gasteiger partial charge in [0.05, 0.1) is 16.8 Å². The molecule has 7 heteroatoms. The normalized spacial score (nSPS) is 10.8. The first kappa shape index (κ1) is 20.4. The number of carbonyl (C=O) groups is 1. The van der Waals surface area contributed by atoms with Gasteiger partial charge >= 0.3 is 0 Å². The fraction of sp³-hybridized carbons (Fsp3) is 0.